The van der Waals surface area contributed by atoms with E-state index in [2.05, 4.69) is 15.5 Å². The molecule has 0 spiro atoms. The van der Waals surface area contributed by atoms with Gasteiger partial charge in [0.2, 0.25) is 11.0 Å². The molecule has 2 aromatic carbocycles. The number of anilines is 1. The van der Waals surface area contributed by atoms with E-state index in [0.717, 1.165) is 11.3 Å². The normalized spacial score (nSPS) is 11.8. The number of halogens is 2. The molecular weight excluding hydrogens is 388 g/mol. The number of nitrogens with one attached hydrogen (secondary N) is 1. The van der Waals surface area contributed by atoms with Gasteiger partial charge in [0.15, 0.2) is 0 Å². The van der Waals surface area contributed by atoms with Crippen molar-refractivity contribution in [2.75, 3.05) is 5.32 Å². The first-order valence-electron chi connectivity index (χ1n) is 8.27. The summed E-state index contributed by atoms with van der Waals surface area (Å²) in [6.07, 6.45) is -0.376. The fraction of sp³-hybridized carbons (Fsp3) is 0.158. The van der Waals surface area contributed by atoms with Gasteiger partial charge in [-0.3, -0.25) is 9.59 Å². The number of nitrogens with zero attached hydrogens (tertiary/aromatic N) is 2. The smallest absolute Gasteiger partial charge is 0.303 e. The molecule has 0 aliphatic heterocycles. The summed E-state index contributed by atoms with van der Waals surface area (Å²) in [6, 6.07) is 11.1. The van der Waals surface area contributed by atoms with E-state index in [4.69, 9.17) is 5.11 Å². The van der Waals surface area contributed by atoms with Crippen molar-refractivity contribution >= 4 is 28.3 Å². The second-order valence-electron chi connectivity index (χ2n) is 6.02. The van der Waals surface area contributed by atoms with Gasteiger partial charge in [0.1, 0.15) is 16.6 Å². The first-order chi connectivity index (χ1) is 13.4. The van der Waals surface area contributed by atoms with Crippen molar-refractivity contribution in [3.05, 3.63) is 65.7 Å². The van der Waals surface area contributed by atoms with Gasteiger partial charge in [-0.2, -0.15) is 0 Å². The van der Waals surface area contributed by atoms with E-state index in [1.54, 1.807) is 12.1 Å². The summed E-state index contributed by atoms with van der Waals surface area (Å²) in [4.78, 5) is 23.5. The molecule has 2 N–H and O–H groups in total. The van der Waals surface area contributed by atoms with E-state index in [1.165, 1.54) is 36.4 Å². The lowest BCUT2D eigenvalue weighted by molar-refractivity contribution is -0.137. The molecule has 0 fully saturated rings. The Balaban J connectivity index is 1.68. The van der Waals surface area contributed by atoms with Crippen LogP contribution < -0.4 is 5.32 Å². The van der Waals surface area contributed by atoms with Crippen molar-refractivity contribution in [1.82, 2.24) is 10.2 Å². The predicted octanol–water partition coefficient (Wildman–Crippen LogP) is 4.07. The number of hydrogen-bond acceptors (Lipinski definition) is 5. The van der Waals surface area contributed by atoms with Gasteiger partial charge in [0.05, 0.1) is 6.42 Å². The van der Waals surface area contributed by atoms with Crippen LogP contribution in [0.25, 0.3) is 10.6 Å². The number of carbonyl (C=O) groups is 2. The molecule has 28 heavy (non-hydrogen) atoms. The first-order valence-corrected chi connectivity index (χ1v) is 9.09. The van der Waals surface area contributed by atoms with Crippen LogP contribution >= 0.6 is 11.3 Å². The Morgan fingerprint density at radius 1 is 0.964 bits per heavy atom. The number of aliphatic carboxylic acids is 1. The van der Waals surface area contributed by atoms with Crippen LogP contribution in [0.5, 0.6) is 0 Å². The highest BCUT2D eigenvalue weighted by atomic mass is 32.1. The van der Waals surface area contributed by atoms with Crippen LogP contribution in [0.4, 0.5) is 13.9 Å². The average Bonchev–Trinajstić information content (AvgIpc) is 3.10. The molecule has 0 aliphatic rings. The number of hydrogen-bond donors (Lipinski definition) is 2. The van der Waals surface area contributed by atoms with Gasteiger partial charge < -0.3 is 10.4 Å². The molecule has 1 atom stereocenters. The molecule has 144 valence electrons. The van der Waals surface area contributed by atoms with Crippen LogP contribution in [0.15, 0.2) is 48.5 Å². The molecule has 6 nitrogen and oxygen atoms in total. The molecule has 1 heterocycles. The Hall–Kier alpha value is -3.20. The lowest BCUT2D eigenvalue weighted by atomic mass is 9.92. The molecular formula is C19H15F2N3O3S. The molecule has 0 bridgehead atoms. The number of aromatic nitrogens is 2. The Bertz CT molecular complexity index is 975. The molecule has 1 aromatic heterocycles. The number of rotatable bonds is 7. The fourth-order valence-corrected chi connectivity index (χ4v) is 3.40. The minimum atomic E-state index is -1.06. The van der Waals surface area contributed by atoms with Gasteiger partial charge in [0, 0.05) is 17.9 Å². The van der Waals surface area contributed by atoms with Gasteiger partial charge in [-0.05, 0) is 42.0 Å². The largest absolute Gasteiger partial charge is 0.481 e. The molecule has 0 saturated heterocycles. The Morgan fingerprint density at radius 2 is 1.57 bits per heavy atom. The molecule has 1 unspecified atom stereocenters. The number of carbonyl (C=O) groups excluding carboxylic acids is 1. The monoisotopic (exact) mass is 403 g/mol. The number of carboxylic acids is 1. The van der Waals surface area contributed by atoms with Crippen LogP contribution in [-0.4, -0.2) is 27.2 Å². The average molecular weight is 403 g/mol. The van der Waals surface area contributed by atoms with E-state index < -0.39 is 23.6 Å². The minimum Gasteiger partial charge on any atom is -0.481 e. The van der Waals surface area contributed by atoms with Gasteiger partial charge in [-0.15, -0.1) is 10.2 Å². The highest BCUT2D eigenvalue weighted by Gasteiger charge is 2.20. The summed E-state index contributed by atoms with van der Waals surface area (Å²) in [5.74, 6) is -2.91. The standard InChI is InChI=1S/C19H15F2N3O3S/c20-14-5-1-11(2-6-14)13(10-17(26)27)9-16(25)22-19-24-23-18(28-19)12-3-7-15(21)8-4-12/h1-8,13H,9-10H2,(H,26,27)(H,22,24,25). The van der Waals surface area contributed by atoms with Crippen molar-refractivity contribution < 1.29 is 23.5 Å². The van der Waals surface area contributed by atoms with Crippen LogP contribution in [0.3, 0.4) is 0 Å². The Morgan fingerprint density at radius 3 is 2.18 bits per heavy atom. The summed E-state index contributed by atoms with van der Waals surface area (Å²) in [6.45, 7) is 0. The predicted molar refractivity (Wildman–Crippen MR) is 99.9 cm³/mol. The zero-order valence-corrected chi connectivity index (χ0v) is 15.2. The quantitative estimate of drug-likeness (QED) is 0.620. The fourth-order valence-electron chi connectivity index (χ4n) is 2.63. The van der Waals surface area contributed by atoms with E-state index in [1.807, 2.05) is 0 Å². The van der Waals surface area contributed by atoms with E-state index in [-0.39, 0.29) is 23.8 Å². The molecule has 0 saturated carbocycles. The highest BCUT2D eigenvalue weighted by Crippen LogP contribution is 2.28. The minimum absolute atomic E-state index is 0.108. The van der Waals surface area contributed by atoms with Gasteiger partial charge in [0.25, 0.3) is 0 Å². The van der Waals surface area contributed by atoms with Crippen molar-refractivity contribution in [2.24, 2.45) is 0 Å². The molecule has 3 aromatic rings. The zero-order chi connectivity index (χ0) is 20.1. The SMILES string of the molecule is O=C(O)CC(CC(=O)Nc1nnc(-c2ccc(F)cc2)s1)c1ccc(F)cc1. The van der Waals surface area contributed by atoms with Crippen LogP contribution in [0.2, 0.25) is 0 Å². The summed E-state index contributed by atoms with van der Waals surface area (Å²) >= 11 is 1.12. The first kappa shape index (κ1) is 19.6. The summed E-state index contributed by atoms with van der Waals surface area (Å²) < 4.78 is 26.1. The Labute approximate surface area is 162 Å². The second-order valence-corrected chi connectivity index (χ2v) is 7.00. The van der Waals surface area contributed by atoms with Crippen molar-refractivity contribution in [1.29, 1.82) is 0 Å². The molecule has 0 aliphatic carbocycles. The zero-order valence-electron chi connectivity index (χ0n) is 14.4. The molecule has 1 amide bonds. The van der Waals surface area contributed by atoms with Gasteiger partial charge in [-0.1, -0.05) is 23.5 Å². The lowest BCUT2D eigenvalue weighted by Crippen LogP contribution is -2.17. The van der Waals surface area contributed by atoms with Crippen molar-refractivity contribution in [2.45, 2.75) is 18.8 Å². The second kappa shape index (κ2) is 8.66. The third-order valence-corrected chi connectivity index (χ3v) is 4.84. The third kappa shape index (κ3) is 5.17. The van der Waals surface area contributed by atoms with Crippen LogP contribution in [0, 0.1) is 11.6 Å². The number of amides is 1. The van der Waals surface area contributed by atoms with Gasteiger partial charge in [-0.25, -0.2) is 8.78 Å². The van der Waals surface area contributed by atoms with Crippen LogP contribution in [0.1, 0.15) is 24.3 Å². The summed E-state index contributed by atoms with van der Waals surface area (Å²) in [5.41, 5.74) is 1.22. The highest BCUT2D eigenvalue weighted by molar-refractivity contribution is 7.18. The van der Waals surface area contributed by atoms with Crippen molar-refractivity contribution in [3.8, 4) is 10.6 Å². The lowest BCUT2D eigenvalue weighted by Gasteiger charge is -2.14. The number of benzene rings is 2. The third-order valence-electron chi connectivity index (χ3n) is 3.96. The maximum Gasteiger partial charge on any atom is 0.303 e. The molecule has 3 rings (SSSR count). The number of carboxylic acid groups (broad SMARTS) is 1. The van der Waals surface area contributed by atoms with Crippen molar-refractivity contribution in [3.63, 3.8) is 0 Å². The summed E-state index contributed by atoms with van der Waals surface area (Å²) in [7, 11) is 0. The maximum absolute atomic E-state index is 13.1. The van der Waals surface area contributed by atoms with E-state index in [0.29, 0.717) is 16.1 Å². The topological polar surface area (TPSA) is 92.2 Å². The molecule has 9 heteroatoms. The van der Waals surface area contributed by atoms with E-state index >= 15 is 0 Å². The Kier molecular flexibility index (Phi) is 6.05. The van der Waals surface area contributed by atoms with Crippen LogP contribution in [-0.2, 0) is 9.59 Å². The maximum atomic E-state index is 13.1. The molecule has 0 radical (unpaired) electrons. The summed E-state index contributed by atoms with van der Waals surface area (Å²) in [5, 5.41) is 20.3. The van der Waals surface area contributed by atoms with E-state index in [9.17, 15) is 18.4 Å². The van der Waals surface area contributed by atoms with Gasteiger partial charge >= 0.3 is 5.97 Å².